The van der Waals surface area contributed by atoms with E-state index in [9.17, 15) is 9.59 Å². The van der Waals surface area contributed by atoms with Crippen molar-refractivity contribution in [2.24, 2.45) is 11.8 Å². The van der Waals surface area contributed by atoms with Crippen LogP contribution in [-0.2, 0) is 16.0 Å². The zero-order valence-corrected chi connectivity index (χ0v) is 18.7. The lowest BCUT2D eigenvalue weighted by atomic mass is 9.73. The molecular weight excluding hydrogens is 398 g/mol. The maximum atomic E-state index is 13.3. The third-order valence-electron chi connectivity index (χ3n) is 8.65. The highest BCUT2D eigenvalue weighted by Gasteiger charge is 2.64. The highest BCUT2D eigenvalue weighted by atomic mass is 16.2. The predicted octanol–water partition coefficient (Wildman–Crippen LogP) is 3.65. The fourth-order valence-electron chi connectivity index (χ4n) is 7.10. The van der Waals surface area contributed by atoms with Crippen molar-refractivity contribution < 1.29 is 9.59 Å². The molecule has 0 bridgehead atoms. The van der Waals surface area contributed by atoms with Gasteiger partial charge < -0.3 is 4.90 Å². The lowest BCUT2D eigenvalue weighted by molar-refractivity contribution is -0.139. The quantitative estimate of drug-likeness (QED) is 0.684. The van der Waals surface area contributed by atoms with Crippen LogP contribution in [0.4, 0.5) is 5.69 Å². The molecule has 5 heteroatoms. The Bertz CT molecular complexity index is 1040. The van der Waals surface area contributed by atoms with Crippen LogP contribution in [0.15, 0.2) is 54.6 Å². The number of imide groups is 1. The molecule has 5 nitrogen and oxygen atoms in total. The number of likely N-dealkylation sites (tertiary alicyclic amines) is 2. The van der Waals surface area contributed by atoms with Gasteiger partial charge in [-0.2, -0.15) is 0 Å². The number of piperidine rings is 1. The summed E-state index contributed by atoms with van der Waals surface area (Å²) in [5, 5.41) is 0. The van der Waals surface area contributed by atoms with Crippen molar-refractivity contribution in [2.45, 2.75) is 43.7 Å². The Morgan fingerprint density at radius 2 is 1.62 bits per heavy atom. The molecule has 2 aromatic carbocycles. The highest BCUT2D eigenvalue weighted by Crippen LogP contribution is 2.52. The number of benzene rings is 2. The second kappa shape index (κ2) is 7.45. The van der Waals surface area contributed by atoms with E-state index in [0.29, 0.717) is 12.6 Å². The summed E-state index contributed by atoms with van der Waals surface area (Å²) in [6, 6.07) is 19.8. The summed E-state index contributed by atoms with van der Waals surface area (Å²) in [6.45, 7) is 2.59. The molecule has 0 unspecified atom stereocenters. The Hall–Kier alpha value is -2.66. The van der Waals surface area contributed by atoms with Crippen LogP contribution < -0.4 is 4.90 Å². The molecule has 32 heavy (non-hydrogen) atoms. The third kappa shape index (κ3) is 2.80. The van der Waals surface area contributed by atoms with Gasteiger partial charge in [0.05, 0.1) is 17.4 Å². The minimum Gasteiger partial charge on any atom is -0.364 e. The maximum absolute atomic E-state index is 13.3. The van der Waals surface area contributed by atoms with Gasteiger partial charge in [-0.25, -0.2) is 0 Å². The summed E-state index contributed by atoms with van der Waals surface area (Å²) in [4.78, 5) is 32.6. The van der Waals surface area contributed by atoms with Crippen LogP contribution in [0.3, 0.4) is 0 Å². The molecule has 3 saturated heterocycles. The largest absolute Gasteiger partial charge is 0.364 e. The van der Waals surface area contributed by atoms with Gasteiger partial charge in [0.15, 0.2) is 0 Å². The van der Waals surface area contributed by atoms with Crippen molar-refractivity contribution in [2.75, 3.05) is 31.6 Å². The molecular formula is C27H31N3O2. The van der Waals surface area contributed by atoms with Crippen LogP contribution >= 0.6 is 0 Å². The van der Waals surface area contributed by atoms with Gasteiger partial charge in [0, 0.05) is 38.4 Å². The summed E-state index contributed by atoms with van der Waals surface area (Å²) in [6.07, 6.45) is 5.47. The molecule has 2 aromatic rings. The van der Waals surface area contributed by atoms with E-state index < -0.39 is 0 Å². The maximum Gasteiger partial charge on any atom is 0.235 e. The molecule has 0 N–H and O–H groups in total. The van der Waals surface area contributed by atoms with Gasteiger partial charge in [0.1, 0.15) is 0 Å². The van der Waals surface area contributed by atoms with Gasteiger partial charge in [-0.3, -0.25) is 19.4 Å². The number of anilines is 1. The van der Waals surface area contributed by atoms with Crippen LogP contribution in [0.1, 0.15) is 42.9 Å². The van der Waals surface area contributed by atoms with Crippen molar-refractivity contribution in [3.05, 3.63) is 65.7 Å². The summed E-state index contributed by atoms with van der Waals surface area (Å²) in [5.74, 6) is -0.410. The van der Waals surface area contributed by atoms with Gasteiger partial charge in [0.2, 0.25) is 11.8 Å². The monoisotopic (exact) mass is 429 g/mol. The number of carbonyl (C=O) groups is 2. The number of aryl methyl sites for hydroxylation is 1. The Labute approximate surface area is 190 Å². The minimum absolute atomic E-state index is 0.00134. The van der Waals surface area contributed by atoms with Crippen LogP contribution in [0, 0.1) is 11.8 Å². The molecule has 0 aromatic heterocycles. The number of fused-ring (bicyclic) bond motifs is 3. The van der Waals surface area contributed by atoms with E-state index in [2.05, 4.69) is 58.3 Å². The number of para-hydroxylation sites is 1. The zero-order chi connectivity index (χ0) is 21.9. The lowest BCUT2D eigenvalue weighted by Crippen LogP contribution is -2.58. The number of hydrogen-bond acceptors (Lipinski definition) is 4. The van der Waals surface area contributed by atoms with E-state index in [1.807, 2.05) is 6.07 Å². The molecule has 2 amide bonds. The number of hydrogen-bond donors (Lipinski definition) is 0. The number of nitrogens with zero attached hydrogens (tertiary/aromatic N) is 3. The van der Waals surface area contributed by atoms with Crippen LogP contribution in [0.25, 0.3) is 0 Å². The first kappa shape index (κ1) is 20.0. The fourth-order valence-corrected chi connectivity index (χ4v) is 7.10. The molecule has 166 valence electrons. The summed E-state index contributed by atoms with van der Waals surface area (Å²) < 4.78 is 0. The van der Waals surface area contributed by atoms with E-state index in [-0.39, 0.29) is 29.2 Å². The standard InChI is InChI=1S/C27H31N3O2/c1-28-25(31)22-18-30(20-10-3-2-4-11-20)27(24(22)26(28)32)14-16-29(17-15-27)23-13-7-9-19-8-5-6-12-21(19)23/h2-6,8,10-12,22-24H,7,9,13-18H2,1H3/t22-,23+,24+/m0/s1. The van der Waals surface area contributed by atoms with Crippen LogP contribution in [0.2, 0.25) is 0 Å². The molecule has 1 aliphatic carbocycles. The molecule has 3 atom stereocenters. The van der Waals surface area contributed by atoms with Gasteiger partial charge in [-0.05, 0) is 55.4 Å². The van der Waals surface area contributed by atoms with E-state index in [4.69, 9.17) is 0 Å². The van der Waals surface area contributed by atoms with Crippen molar-refractivity contribution in [1.82, 2.24) is 9.80 Å². The average Bonchev–Trinajstić information content (AvgIpc) is 3.28. The van der Waals surface area contributed by atoms with Crippen molar-refractivity contribution in [1.29, 1.82) is 0 Å². The average molecular weight is 430 g/mol. The van der Waals surface area contributed by atoms with E-state index in [0.717, 1.165) is 31.6 Å². The number of rotatable bonds is 2. The summed E-state index contributed by atoms with van der Waals surface area (Å²) in [7, 11) is 1.66. The number of carbonyl (C=O) groups excluding carboxylic acids is 2. The first-order valence-corrected chi connectivity index (χ1v) is 12.1. The Balaban J connectivity index is 1.32. The normalized spacial score (nSPS) is 29.5. The summed E-state index contributed by atoms with van der Waals surface area (Å²) >= 11 is 0. The van der Waals surface area contributed by atoms with Crippen molar-refractivity contribution >= 4 is 17.5 Å². The fraction of sp³-hybridized carbons (Fsp3) is 0.481. The molecule has 3 heterocycles. The Morgan fingerprint density at radius 1 is 0.906 bits per heavy atom. The van der Waals surface area contributed by atoms with Gasteiger partial charge in [0.25, 0.3) is 0 Å². The molecule has 1 spiro atoms. The Morgan fingerprint density at radius 3 is 2.41 bits per heavy atom. The predicted molar refractivity (Wildman–Crippen MR) is 124 cm³/mol. The van der Waals surface area contributed by atoms with E-state index in [1.54, 1.807) is 7.05 Å². The van der Waals surface area contributed by atoms with Crippen LogP contribution in [0.5, 0.6) is 0 Å². The highest BCUT2D eigenvalue weighted by molar-refractivity contribution is 6.07. The second-order valence-electron chi connectivity index (χ2n) is 10.0. The first-order valence-electron chi connectivity index (χ1n) is 12.1. The zero-order valence-electron chi connectivity index (χ0n) is 18.7. The Kier molecular flexibility index (Phi) is 4.65. The SMILES string of the molecule is CN1C(=O)[C@H]2CN(c3ccccc3)C3(CCN([C@@H]4CCCc5ccccc54)CC3)[C@H]2C1=O. The van der Waals surface area contributed by atoms with Crippen molar-refractivity contribution in [3.8, 4) is 0 Å². The molecule has 3 aliphatic heterocycles. The van der Waals surface area contributed by atoms with E-state index >= 15 is 0 Å². The molecule has 4 aliphatic rings. The van der Waals surface area contributed by atoms with Crippen molar-refractivity contribution in [3.63, 3.8) is 0 Å². The van der Waals surface area contributed by atoms with E-state index in [1.165, 1.54) is 35.3 Å². The van der Waals surface area contributed by atoms with Gasteiger partial charge in [-0.15, -0.1) is 0 Å². The molecule has 0 saturated carbocycles. The first-order chi connectivity index (χ1) is 15.6. The van der Waals surface area contributed by atoms with Gasteiger partial charge in [-0.1, -0.05) is 42.5 Å². The molecule has 6 rings (SSSR count). The topological polar surface area (TPSA) is 43.9 Å². The van der Waals surface area contributed by atoms with Crippen LogP contribution in [-0.4, -0.2) is 53.8 Å². The molecule has 3 fully saturated rings. The third-order valence-corrected chi connectivity index (χ3v) is 8.65. The summed E-state index contributed by atoms with van der Waals surface area (Å²) in [5.41, 5.74) is 3.86. The smallest absolute Gasteiger partial charge is 0.235 e. The number of amides is 2. The lowest BCUT2D eigenvalue weighted by Gasteiger charge is -2.50. The second-order valence-corrected chi connectivity index (χ2v) is 10.0. The minimum atomic E-state index is -0.270. The molecule has 0 radical (unpaired) electrons. The van der Waals surface area contributed by atoms with Gasteiger partial charge >= 0.3 is 0 Å².